The molecule has 0 spiro atoms. The number of amides is 1. The van der Waals surface area contributed by atoms with E-state index in [9.17, 15) is 4.79 Å². The molecule has 0 unspecified atom stereocenters. The van der Waals surface area contributed by atoms with E-state index in [1.807, 2.05) is 34.5 Å². The van der Waals surface area contributed by atoms with E-state index >= 15 is 0 Å². The molecule has 1 aromatic heterocycles. The van der Waals surface area contributed by atoms with Gasteiger partial charge in [0.05, 0.1) is 17.1 Å². The molecule has 2 aromatic carbocycles. The van der Waals surface area contributed by atoms with Crippen LogP contribution in [0.3, 0.4) is 0 Å². The molecule has 0 N–H and O–H groups in total. The van der Waals surface area contributed by atoms with Crippen LogP contribution in [-0.2, 0) is 17.8 Å². The van der Waals surface area contributed by atoms with E-state index in [-0.39, 0.29) is 5.91 Å². The fourth-order valence-corrected chi connectivity index (χ4v) is 4.24. The molecule has 1 aliphatic carbocycles. The Hall–Kier alpha value is -2.17. The SMILES string of the molecule is Cc1ccc(CN(C(=O)Cc2csc(-c3ccccc3Cl)n2)C2CC2)cc1. The number of carbonyl (C=O) groups is 1. The van der Waals surface area contributed by atoms with Gasteiger partial charge in [0.25, 0.3) is 0 Å². The van der Waals surface area contributed by atoms with Gasteiger partial charge in [-0.3, -0.25) is 4.79 Å². The van der Waals surface area contributed by atoms with Crippen molar-refractivity contribution in [1.29, 1.82) is 0 Å². The Morgan fingerprint density at radius 1 is 1.19 bits per heavy atom. The molecule has 1 fully saturated rings. The Morgan fingerprint density at radius 3 is 2.63 bits per heavy atom. The molecule has 0 saturated heterocycles. The lowest BCUT2D eigenvalue weighted by Gasteiger charge is -2.22. The summed E-state index contributed by atoms with van der Waals surface area (Å²) < 4.78 is 0. The average Bonchev–Trinajstić information content (AvgIpc) is 3.40. The standard InChI is InChI=1S/C22H21ClN2OS/c1-15-6-8-16(9-7-15)13-25(18-10-11-18)21(26)12-17-14-27-22(24-17)19-4-2-3-5-20(19)23/h2-9,14,18H,10-13H2,1H3. The minimum absolute atomic E-state index is 0.147. The number of carbonyl (C=O) groups excluding carboxylic acids is 1. The third-order valence-corrected chi connectivity index (χ3v) is 6.02. The van der Waals surface area contributed by atoms with Crippen LogP contribution in [0.5, 0.6) is 0 Å². The smallest absolute Gasteiger partial charge is 0.229 e. The first-order valence-corrected chi connectivity index (χ1v) is 10.4. The molecule has 1 heterocycles. The summed E-state index contributed by atoms with van der Waals surface area (Å²) >= 11 is 7.80. The third-order valence-electron chi connectivity index (χ3n) is 4.77. The third kappa shape index (κ3) is 4.40. The highest BCUT2D eigenvalue weighted by molar-refractivity contribution is 7.13. The highest BCUT2D eigenvalue weighted by Crippen LogP contribution is 2.32. The molecule has 4 rings (SSSR count). The second-order valence-corrected chi connectivity index (χ2v) is 8.30. The molecule has 0 bridgehead atoms. The molecule has 1 saturated carbocycles. The molecule has 138 valence electrons. The van der Waals surface area contributed by atoms with Gasteiger partial charge in [0, 0.05) is 23.5 Å². The summed E-state index contributed by atoms with van der Waals surface area (Å²) in [5.41, 5.74) is 4.14. The Bertz CT molecular complexity index is 947. The van der Waals surface area contributed by atoms with Crippen molar-refractivity contribution in [3.05, 3.63) is 75.8 Å². The van der Waals surface area contributed by atoms with Crippen LogP contribution in [0.25, 0.3) is 10.6 Å². The van der Waals surface area contributed by atoms with E-state index in [4.69, 9.17) is 11.6 Å². The zero-order valence-electron chi connectivity index (χ0n) is 15.2. The lowest BCUT2D eigenvalue weighted by atomic mass is 10.1. The average molecular weight is 397 g/mol. The van der Waals surface area contributed by atoms with Crippen LogP contribution < -0.4 is 0 Å². The summed E-state index contributed by atoms with van der Waals surface area (Å²) in [6, 6.07) is 16.5. The van der Waals surface area contributed by atoms with Crippen LogP contribution in [0.4, 0.5) is 0 Å². The van der Waals surface area contributed by atoms with Gasteiger partial charge in [0.2, 0.25) is 5.91 Å². The van der Waals surface area contributed by atoms with E-state index in [0.29, 0.717) is 24.0 Å². The molecule has 5 heteroatoms. The topological polar surface area (TPSA) is 33.2 Å². The summed E-state index contributed by atoms with van der Waals surface area (Å²) in [5.74, 6) is 0.147. The number of benzene rings is 2. The lowest BCUT2D eigenvalue weighted by Crippen LogP contribution is -2.33. The summed E-state index contributed by atoms with van der Waals surface area (Å²) in [7, 11) is 0. The Morgan fingerprint density at radius 2 is 1.93 bits per heavy atom. The van der Waals surface area contributed by atoms with E-state index in [0.717, 1.165) is 29.1 Å². The number of thiazole rings is 1. The van der Waals surface area contributed by atoms with Gasteiger partial charge < -0.3 is 4.90 Å². The molecule has 0 radical (unpaired) electrons. The minimum atomic E-state index is 0.147. The van der Waals surface area contributed by atoms with Crippen molar-refractivity contribution in [3.8, 4) is 10.6 Å². The van der Waals surface area contributed by atoms with Gasteiger partial charge >= 0.3 is 0 Å². The Balaban J connectivity index is 1.47. The maximum atomic E-state index is 12.9. The van der Waals surface area contributed by atoms with Crippen LogP contribution in [0, 0.1) is 6.92 Å². The highest BCUT2D eigenvalue weighted by atomic mass is 35.5. The maximum absolute atomic E-state index is 12.9. The van der Waals surface area contributed by atoms with Gasteiger partial charge in [0.15, 0.2) is 0 Å². The monoisotopic (exact) mass is 396 g/mol. The Labute approximate surface area is 168 Å². The van der Waals surface area contributed by atoms with Gasteiger partial charge in [-0.25, -0.2) is 4.98 Å². The summed E-state index contributed by atoms with van der Waals surface area (Å²) in [5, 5.41) is 3.51. The van der Waals surface area contributed by atoms with Gasteiger partial charge in [-0.1, -0.05) is 59.6 Å². The molecule has 0 aliphatic heterocycles. The van der Waals surface area contributed by atoms with Crippen molar-refractivity contribution in [2.45, 2.75) is 38.8 Å². The quantitative estimate of drug-likeness (QED) is 0.550. The highest BCUT2D eigenvalue weighted by Gasteiger charge is 2.32. The molecule has 1 amide bonds. The van der Waals surface area contributed by atoms with Crippen molar-refractivity contribution in [1.82, 2.24) is 9.88 Å². The molecule has 1 aliphatic rings. The van der Waals surface area contributed by atoms with E-state index in [1.54, 1.807) is 0 Å². The van der Waals surface area contributed by atoms with E-state index in [2.05, 4.69) is 36.2 Å². The van der Waals surface area contributed by atoms with Crippen LogP contribution in [0.1, 0.15) is 29.7 Å². The van der Waals surface area contributed by atoms with Crippen molar-refractivity contribution >= 4 is 28.8 Å². The first-order chi connectivity index (χ1) is 13.1. The lowest BCUT2D eigenvalue weighted by molar-refractivity contribution is -0.131. The zero-order valence-corrected chi connectivity index (χ0v) is 16.8. The number of aryl methyl sites for hydroxylation is 1. The van der Waals surface area contributed by atoms with Crippen LogP contribution in [0.2, 0.25) is 5.02 Å². The van der Waals surface area contributed by atoms with Crippen LogP contribution >= 0.6 is 22.9 Å². The van der Waals surface area contributed by atoms with Gasteiger partial charge in [-0.15, -0.1) is 11.3 Å². The second-order valence-electron chi connectivity index (χ2n) is 7.04. The van der Waals surface area contributed by atoms with E-state index < -0.39 is 0 Å². The number of aromatic nitrogens is 1. The summed E-state index contributed by atoms with van der Waals surface area (Å²) in [4.78, 5) is 19.6. The van der Waals surface area contributed by atoms with Crippen molar-refractivity contribution in [2.24, 2.45) is 0 Å². The Kier molecular flexibility index (Phi) is 5.28. The fraction of sp³-hybridized carbons (Fsp3) is 0.273. The summed E-state index contributed by atoms with van der Waals surface area (Å²) in [6.45, 7) is 2.75. The predicted octanol–water partition coefficient (Wildman–Crippen LogP) is 5.51. The first kappa shape index (κ1) is 18.2. The molecule has 3 nitrogen and oxygen atoms in total. The molecular weight excluding hydrogens is 376 g/mol. The molecule has 3 aromatic rings. The zero-order chi connectivity index (χ0) is 18.8. The van der Waals surface area contributed by atoms with Gasteiger partial charge in [-0.2, -0.15) is 0 Å². The first-order valence-electron chi connectivity index (χ1n) is 9.14. The van der Waals surface area contributed by atoms with Crippen molar-refractivity contribution in [2.75, 3.05) is 0 Å². The second kappa shape index (κ2) is 7.83. The predicted molar refractivity (Wildman–Crippen MR) is 111 cm³/mol. The largest absolute Gasteiger partial charge is 0.335 e. The number of nitrogens with zero attached hydrogens (tertiary/aromatic N) is 2. The minimum Gasteiger partial charge on any atom is -0.335 e. The van der Waals surface area contributed by atoms with E-state index in [1.165, 1.54) is 22.5 Å². The molecular formula is C22H21ClN2OS. The maximum Gasteiger partial charge on any atom is 0.229 e. The number of rotatable bonds is 6. The van der Waals surface area contributed by atoms with Crippen molar-refractivity contribution in [3.63, 3.8) is 0 Å². The van der Waals surface area contributed by atoms with Crippen LogP contribution in [0.15, 0.2) is 53.9 Å². The normalized spacial score (nSPS) is 13.6. The van der Waals surface area contributed by atoms with Gasteiger partial charge in [-0.05, 0) is 31.4 Å². The number of hydrogen-bond acceptors (Lipinski definition) is 3. The fourth-order valence-electron chi connectivity index (χ4n) is 3.10. The van der Waals surface area contributed by atoms with Crippen molar-refractivity contribution < 1.29 is 4.79 Å². The number of hydrogen-bond donors (Lipinski definition) is 0. The molecule has 0 atom stereocenters. The van der Waals surface area contributed by atoms with Gasteiger partial charge in [0.1, 0.15) is 5.01 Å². The van der Waals surface area contributed by atoms with Crippen LogP contribution in [-0.4, -0.2) is 21.8 Å². The number of halogens is 1. The molecule has 27 heavy (non-hydrogen) atoms. The summed E-state index contributed by atoms with van der Waals surface area (Å²) in [6.07, 6.45) is 2.53.